The van der Waals surface area contributed by atoms with Gasteiger partial charge in [0.2, 0.25) is 5.91 Å². The topological polar surface area (TPSA) is 87.5 Å². The van der Waals surface area contributed by atoms with Gasteiger partial charge in [0.15, 0.2) is 0 Å². The van der Waals surface area contributed by atoms with Crippen LogP contribution in [0.5, 0.6) is 0 Å². The fraction of sp³-hybridized carbons (Fsp3) is 0.462. The first-order chi connectivity index (χ1) is 9.97. The van der Waals surface area contributed by atoms with Gasteiger partial charge < -0.3 is 10.6 Å². The standard InChI is InChI=1S/C13H17BrN4O3/c1-9-7-15-4-5-17(9)8-13(19)16-12-3-2-10(18(20)21)6-11(12)14/h2-3,6,9,15H,4-5,7-8H2,1H3,(H,16,19)/t9-/m1/s1. The highest BCUT2D eigenvalue weighted by atomic mass is 79.9. The van der Waals surface area contributed by atoms with Gasteiger partial charge in [-0.3, -0.25) is 19.8 Å². The van der Waals surface area contributed by atoms with E-state index in [-0.39, 0.29) is 11.6 Å². The summed E-state index contributed by atoms with van der Waals surface area (Å²) in [5.41, 5.74) is 0.518. The van der Waals surface area contributed by atoms with Crippen molar-refractivity contribution in [1.29, 1.82) is 0 Å². The smallest absolute Gasteiger partial charge is 0.270 e. The summed E-state index contributed by atoms with van der Waals surface area (Å²) in [5.74, 6) is -0.127. The van der Waals surface area contributed by atoms with E-state index in [1.165, 1.54) is 18.2 Å². The highest BCUT2D eigenvalue weighted by Crippen LogP contribution is 2.27. The molecule has 2 N–H and O–H groups in total. The van der Waals surface area contributed by atoms with E-state index in [2.05, 4.69) is 38.4 Å². The number of nitro groups is 1. The molecule has 21 heavy (non-hydrogen) atoms. The van der Waals surface area contributed by atoms with Crippen molar-refractivity contribution < 1.29 is 9.72 Å². The first kappa shape index (κ1) is 15.9. The summed E-state index contributed by atoms with van der Waals surface area (Å²) in [5, 5.41) is 16.7. The summed E-state index contributed by atoms with van der Waals surface area (Å²) in [4.78, 5) is 24.4. The fourth-order valence-electron chi connectivity index (χ4n) is 2.21. The number of non-ortho nitro benzene ring substituents is 1. The van der Waals surface area contributed by atoms with E-state index in [1.54, 1.807) is 0 Å². The molecule has 0 aromatic heterocycles. The third-order valence-electron chi connectivity index (χ3n) is 3.42. The Hall–Kier alpha value is -1.51. The molecule has 1 amide bonds. The predicted octanol–water partition coefficient (Wildman–Crippen LogP) is 1.59. The number of anilines is 1. The molecule has 2 rings (SSSR count). The Morgan fingerprint density at radius 3 is 3.00 bits per heavy atom. The molecule has 0 unspecified atom stereocenters. The quantitative estimate of drug-likeness (QED) is 0.631. The second kappa shape index (κ2) is 6.97. The van der Waals surface area contributed by atoms with E-state index in [4.69, 9.17) is 0 Å². The summed E-state index contributed by atoms with van der Waals surface area (Å²) >= 11 is 3.24. The summed E-state index contributed by atoms with van der Waals surface area (Å²) < 4.78 is 0.499. The monoisotopic (exact) mass is 356 g/mol. The van der Waals surface area contributed by atoms with Crippen LogP contribution in [0.4, 0.5) is 11.4 Å². The van der Waals surface area contributed by atoms with Crippen molar-refractivity contribution in [3.8, 4) is 0 Å². The molecule has 1 fully saturated rings. The lowest BCUT2D eigenvalue weighted by atomic mass is 10.2. The van der Waals surface area contributed by atoms with Gasteiger partial charge in [-0.25, -0.2) is 0 Å². The van der Waals surface area contributed by atoms with Gasteiger partial charge in [-0.15, -0.1) is 0 Å². The van der Waals surface area contributed by atoms with Crippen molar-refractivity contribution in [1.82, 2.24) is 10.2 Å². The Balaban J connectivity index is 1.97. The second-order valence-corrected chi connectivity index (χ2v) is 5.85. The van der Waals surface area contributed by atoms with E-state index in [9.17, 15) is 14.9 Å². The van der Waals surface area contributed by atoms with Crippen LogP contribution >= 0.6 is 15.9 Å². The molecule has 0 bridgehead atoms. The Bertz CT molecular complexity index is 552. The minimum absolute atomic E-state index is 0.0180. The highest BCUT2D eigenvalue weighted by molar-refractivity contribution is 9.10. The van der Waals surface area contributed by atoms with Crippen molar-refractivity contribution in [3.63, 3.8) is 0 Å². The number of carbonyl (C=O) groups is 1. The number of nitro benzene ring substituents is 1. The van der Waals surface area contributed by atoms with Crippen LogP contribution in [0.2, 0.25) is 0 Å². The number of amides is 1. The first-order valence-electron chi connectivity index (χ1n) is 6.66. The van der Waals surface area contributed by atoms with Gasteiger partial charge in [0.25, 0.3) is 5.69 Å². The third-order valence-corrected chi connectivity index (χ3v) is 4.08. The Morgan fingerprint density at radius 2 is 2.38 bits per heavy atom. The third kappa shape index (κ3) is 4.23. The molecular formula is C13H17BrN4O3. The number of hydrogen-bond acceptors (Lipinski definition) is 5. The maximum absolute atomic E-state index is 12.1. The Morgan fingerprint density at radius 1 is 1.62 bits per heavy atom. The number of rotatable bonds is 4. The molecule has 1 saturated heterocycles. The number of nitrogens with zero attached hydrogens (tertiary/aromatic N) is 2. The molecule has 0 radical (unpaired) electrons. The van der Waals surface area contributed by atoms with E-state index in [0.717, 1.165) is 19.6 Å². The van der Waals surface area contributed by atoms with E-state index in [1.807, 2.05) is 0 Å². The van der Waals surface area contributed by atoms with Gasteiger partial charge in [-0.05, 0) is 28.9 Å². The molecule has 1 aromatic carbocycles. The zero-order chi connectivity index (χ0) is 15.4. The number of nitrogens with one attached hydrogen (secondary N) is 2. The van der Waals surface area contributed by atoms with Crippen LogP contribution in [0.15, 0.2) is 22.7 Å². The van der Waals surface area contributed by atoms with Crippen LogP contribution in [0.3, 0.4) is 0 Å². The van der Waals surface area contributed by atoms with Crippen LogP contribution in [-0.2, 0) is 4.79 Å². The van der Waals surface area contributed by atoms with Crippen molar-refractivity contribution in [2.75, 3.05) is 31.5 Å². The normalized spacial score (nSPS) is 19.2. The lowest BCUT2D eigenvalue weighted by molar-refractivity contribution is -0.384. The molecular weight excluding hydrogens is 340 g/mol. The number of piperazine rings is 1. The van der Waals surface area contributed by atoms with Gasteiger partial charge in [0.1, 0.15) is 0 Å². The largest absolute Gasteiger partial charge is 0.324 e. The van der Waals surface area contributed by atoms with Crippen LogP contribution in [-0.4, -0.2) is 48.0 Å². The summed E-state index contributed by atoms with van der Waals surface area (Å²) in [7, 11) is 0. The molecule has 1 aliphatic heterocycles. The summed E-state index contributed by atoms with van der Waals surface area (Å²) in [6, 6.07) is 4.59. The molecule has 1 aliphatic rings. The zero-order valence-electron chi connectivity index (χ0n) is 11.6. The molecule has 1 heterocycles. The lowest BCUT2D eigenvalue weighted by Gasteiger charge is -2.33. The van der Waals surface area contributed by atoms with Crippen molar-refractivity contribution in [2.45, 2.75) is 13.0 Å². The molecule has 1 aromatic rings. The summed E-state index contributed by atoms with van der Waals surface area (Å²) in [6.07, 6.45) is 0. The van der Waals surface area contributed by atoms with Crippen LogP contribution in [0.25, 0.3) is 0 Å². The van der Waals surface area contributed by atoms with Crippen LogP contribution in [0, 0.1) is 10.1 Å². The summed E-state index contributed by atoms with van der Waals surface area (Å²) in [6.45, 7) is 4.96. The van der Waals surface area contributed by atoms with Crippen molar-refractivity contribution in [2.24, 2.45) is 0 Å². The molecule has 0 spiro atoms. The highest BCUT2D eigenvalue weighted by Gasteiger charge is 2.20. The number of hydrogen-bond donors (Lipinski definition) is 2. The number of halogens is 1. The van der Waals surface area contributed by atoms with Gasteiger partial charge in [-0.1, -0.05) is 0 Å². The maximum Gasteiger partial charge on any atom is 0.270 e. The Kier molecular flexibility index (Phi) is 5.27. The molecule has 0 aliphatic carbocycles. The minimum Gasteiger partial charge on any atom is -0.324 e. The van der Waals surface area contributed by atoms with Crippen LogP contribution in [0.1, 0.15) is 6.92 Å². The SMILES string of the molecule is C[C@@H]1CNCCN1CC(=O)Nc1ccc([N+](=O)[O-])cc1Br. The molecule has 0 saturated carbocycles. The van der Waals surface area contributed by atoms with Crippen LogP contribution < -0.4 is 10.6 Å². The van der Waals surface area contributed by atoms with Gasteiger partial charge in [-0.2, -0.15) is 0 Å². The molecule has 114 valence electrons. The van der Waals surface area contributed by atoms with Crippen molar-refractivity contribution >= 4 is 33.2 Å². The number of carbonyl (C=O) groups excluding carboxylic acids is 1. The zero-order valence-corrected chi connectivity index (χ0v) is 13.2. The van der Waals surface area contributed by atoms with E-state index in [0.29, 0.717) is 22.7 Å². The fourth-order valence-corrected chi connectivity index (χ4v) is 2.68. The average molecular weight is 357 g/mol. The minimum atomic E-state index is -0.473. The van der Waals surface area contributed by atoms with Crippen molar-refractivity contribution in [3.05, 3.63) is 32.8 Å². The first-order valence-corrected chi connectivity index (χ1v) is 7.45. The maximum atomic E-state index is 12.1. The predicted molar refractivity (Wildman–Crippen MR) is 83.3 cm³/mol. The molecule has 8 heteroatoms. The van der Waals surface area contributed by atoms with Gasteiger partial charge in [0, 0.05) is 42.3 Å². The average Bonchev–Trinajstić information content (AvgIpc) is 2.43. The lowest BCUT2D eigenvalue weighted by Crippen LogP contribution is -2.52. The Labute approximate surface area is 131 Å². The molecule has 1 atom stereocenters. The number of benzene rings is 1. The van der Waals surface area contributed by atoms with Gasteiger partial charge >= 0.3 is 0 Å². The van der Waals surface area contributed by atoms with E-state index >= 15 is 0 Å². The van der Waals surface area contributed by atoms with E-state index < -0.39 is 4.92 Å². The van der Waals surface area contributed by atoms with Gasteiger partial charge in [0.05, 0.1) is 17.2 Å². The second-order valence-electron chi connectivity index (χ2n) is 4.99. The molecule has 7 nitrogen and oxygen atoms in total.